The molecule has 0 bridgehead atoms. The fourth-order valence-electron chi connectivity index (χ4n) is 2.95. The van der Waals surface area contributed by atoms with Crippen LogP contribution in [0.2, 0.25) is 0 Å². The molecule has 1 aromatic rings. The molecule has 106 valence electrons. The van der Waals surface area contributed by atoms with Gasteiger partial charge >= 0.3 is 6.03 Å². The van der Waals surface area contributed by atoms with Crippen molar-refractivity contribution in [2.24, 2.45) is 5.84 Å². The van der Waals surface area contributed by atoms with E-state index in [9.17, 15) is 9.59 Å². The number of nitrogens with two attached hydrogens (primary N) is 1. The summed E-state index contributed by atoms with van der Waals surface area (Å²) in [7, 11) is 0. The van der Waals surface area contributed by atoms with Crippen LogP contribution in [0.4, 0.5) is 10.5 Å². The Morgan fingerprint density at radius 3 is 2.85 bits per heavy atom. The number of rotatable bonds is 3. The summed E-state index contributed by atoms with van der Waals surface area (Å²) in [4.78, 5) is 29.9. The number of hydrazine groups is 1. The van der Waals surface area contributed by atoms with E-state index >= 15 is 0 Å². The maximum Gasteiger partial charge on any atom is 0.325 e. The molecule has 1 aliphatic heterocycles. The van der Waals surface area contributed by atoms with E-state index in [0.717, 1.165) is 25.7 Å². The molecule has 0 radical (unpaired) electrons. The second-order valence-electron chi connectivity index (χ2n) is 5.29. The average Bonchev–Trinajstić information content (AvgIpc) is 3.01. The first-order chi connectivity index (χ1) is 9.64. The summed E-state index contributed by atoms with van der Waals surface area (Å²) < 4.78 is 0. The van der Waals surface area contributed by atoms with Gasteiger partial charge in [0.2, 0.25) is 0 Å². The number of anilines is 1. The summed E-state index contributed by atoms with van der Waals surface area (Å²) >= 11 is 0. The van der Waals surface area contributed by atoms with E-state index in [2.05, 4.69) is 15.7 Å². The zero-order valence-electron chi connectivity index (χ0n) is 11.1. The molecule has 0 atom stereocenters. The van der Waals surface area contributed by atoms with Crippen LogP contribution < -0.4 is 16.6 Å². The third-order valence-electron chi connectivity index (χ3n) is 4.01. The minimum Gasteiger partial charge on any atom is -0.324 e. The number of hydrogen-bond donors (Lipinski definition) is 3. The second-order valence-corrected chi connectivity index (χ2v) is 5.29. The quantitative estimate of drug-likeness (QED) is 0.429. The van der Waals surface area contributed by atoms with Crippen molar-refractivity contribution in [1.82, 2.24) is 15.2 Å². The van der Waals surface area contributed by atoms with Crippen LogP contribution >= 0.6 is 0 Å². The van der Waals surface area contributed by atoms with Crippen LogP contribution in [-0.4, -0.2) is 27.4 Å². The number of aromatic nitrogens is 1. The summed E-state index contributed by atoms with van der Waals surface area (Å²) in [6.45, 7) is 0.169. The van der Waals surface area contributed by atoms with Gasteiger partial charge in [-0.05, 0) is 25.0 Å². The van der Waals surface area contributed by atoms with Crippen molar-refractivity contribution in [1.29, 1.82) is 0 Å². The molecule has 20 heavy (non-hydrogen) atoms. The largest absolute Gasteiger partial charge is 0.325 e. The zero-order chi connectivity index (χ0) is 14.2. The third-order valence-corrected chi connectivity index (χ3v) is 4.01. The maximum absolute atomic E-state index is 12.5. The molecule has 7 nitrogen and oxygen atoms in total. The lowest BCUT2D eigenvalue weighted by atomic mass is 9.98. The van der Waals surface area contributed by atoms with Crippen LogP contribution in [0.25, 0.3) is 0 Å². The van der Waals surface area contributed by atoms with Gasteiger partial charge in [-0.15, -0.1) is 0 Å². The van der Waals surface area contributed by atoms with Crippen LogP contribution in [0, 0.1) is 0 Å². The normalized spacial score (nSPS) is 20.6. The van der Waals surface area contributed by atoms with Gasteiger partial charge in [-0.3, -0.25) is 20.5 Å². The van der Waals surface area contributed by atoms with E-state index in [1.165, 1.54) is 4.90 Å². The molecule has 0 aromatic carbocycles. The Morgan fingerprint density at radius 2 is 2.15 bits per heavy atom. The summed E-state index contributed by atoms with van der Waals surface area (Å²) in [5.41, 5.74) is 3.17. The molecular formula is C13H17N5O2. The molecule has 0 unspecified atom stereocenters. The summed E-state index contributed by atoms with van der Waals surface area (Å²) in [6, 6.07) is 3.11. The van der Waals surface area contributed by atoms with Crippen molar-refractivity contribution in [2.75, 3.05) is 5.43 Å². The number of nitrogens with one attached hydrogen (secondary N) is 2. The average molecular weight is 275 g/mol. The Bertz CT molecular complexity index is 553. The highest BCUT2D eigenvalue weighted by Crippen LogP contribution is 2.35. The predicted molar refractivity (Wildman–Crippen MR) is 72.3 cm³/mol. The van der Waals surface area contributed by atoms with Gasteiger partial charge in [0.25, 0.3) is 5.91 Å². The molecule has 1 aliphatic carbocycles. The highest BCUT2D eigenvalue weighted by atomic mass is 16.2. The van der Waals surface area contributed by atoms with Crippen molar-refractivity contribution in [3.63, 3.8) is 0 Å². The Morgan fingerprint density at radius 1 is 1.40 bits per heavy atom. The van der Waals surface area contributed by atoms with Crippen molar-refractivity contribution < 1.29 is 9.59 Å². The molecule has 1 spiro atoms. The minimum atomic E-state index is -0.666. The van der Waals surface area contributed by atoms with Crippen LogP contribution in [0.1, 0.15) is 31.4 Å². The second kappa shape index (κ2) is 4.75. The fraction of sp³-hybridized carbons (Fsp3) is 0.462. The van der Waals surface area contributed by atoms with Gasteiger partial charge in [-0.25, -0.2) is 4.79 Å². The molecule has 2 heterocycles. The molecule has 3 amide bonds. The van der Waals surface area contributed by atoms with E-state index in [-0.39, 0.29) is 18.5 Å². The molecule has 1 aromatic heterocycles. The molecule has 1 saturated carbocycles. The van der Waals surface area contributed by atoms with Gasteiger partial charge in [0.05, 0.1) is 17.9 Å². The first-order valence-corrected chi connectivity index (χ1v) is 6.70. The van der Waals surface area contributed by atoms with Crippen molar-refractivity contribution >= 4 is 17.6 Å². The monoisotopic (exact) mass is 275 g/mol. The number of pyridine rings is 1. The number of nitrogens with zero attached hydrogens (tertiary/aromatic N) is 2. The Hall–Kier alpha value is -2.15. The van der Waals surface area contributed by atoms with Crippen LogP contribution in [0.3, 0.4) is 0 Å². The Kier molecular flexibility index (Phi) is 3.06. The molecule has 7 heteroatoms. The van der Waals surface area contributed by atoms with Gasteiger partial charge in [0.15, 0.2) is 0 Å². The Labute approximate surface area is 116 Å². The number of carbonyl (C=O) groups is 2. The lowest BCUT2D eigenvalue weighted by Gasteiger charge is -2.19. The molecule has 2 fully saturated rings. The number of carbonyl (C=O) groups excluding carboxylic acids is 2. The first kappa shape index (κ1) is 12.9. The minimum absolute atomic E-state index is 0.132. The fourth-order valence-corrected chi connectivity index (χ4v) is 2.95. The Balaban J connectivity index is 1.80. The molecular weight excluding hydrogens is 258 g/mol. The molecule has 2 aliphatic rings. The molecule has 4 N–H and O–H groups in total. The van der Waals surface area contributed by atoms with Gasteiger partial charge in [-0.2, -0.15) is 0 Å². The van der Waals surface area contributed by atoms with Crippen LogP contribution in [-0.2, 0) is 11.3 Å². The van der Waals surface area contributed by atoms with Crippen LogP contribution in [0.15, 0.2) is 18.3 Å². The van der Waals surface area contributed by atoms with Gasteiger partial charge in [0.1, 0.15) is 5.54 Å². The first-order valence-electron chi connectivity index (χ1n) is 6.70. The third kappa shape index (κ3) is 2.00. The zero-order valence-corrected chi connectivity index (χ0v) is 11.1. The van der Waals surface area contributed by atoms with Crippen LogP contribution in [0.5, 0.6) is 0 Å². The number of urea groups is 1. The molecule has 3 rings (SSSR count). The summed E-state index contributed by atoms with van der Waals surface area (Å²) in [6.07, 6.45) is 5.00. The van der Waals surface area contributed by atoms with E-state index in [1.807, 2.05) is 0 Å². The topological polar surface area (TPSA) is 100 Å². The van der Waals surface area contributed by atoms with Crippen molar-refractivity contribution in [2.45, 2.75) is 37.8 Å². The SMILES string of the molecule is NNc1ccnc(CN2C(=O)NC3(CCCC3)C2=O)c1. The van der Waals surface area contributed by atoms with Gasteiger partial charge in [-0.1, -0.05) is 12.8 Å². The van der Waals surface area contributed by atoms with E-state index < -0.39 is 5.54 Å². The number of amides is 3. The maximum atomic E-state index is 12.5. The number of imide groups is 1. The summed E-state index contributed by atoms with van der Waals surface area (Å²) in [5, 5.41) is 2.85. The summed E-state index contributed by atoms with van der Waals surface area (Å²) in [5.74, 6) is 5.21. The predicted octanol–water partition coefficient (Wildman–Crippen LogP) is 0.732. The highest BCUT2D eigenvalue weighted by Gasteiger charge is 2.52. The van der Waals surface area contributed by atoms with Gasteiger partial charge in [0, 0.05) is 6.20 Å². The van der Waals surface area contributed by atoms with E-state index in [1.54, 1.807) is 18.3 Å². The lowest BCUT2D eigenvalue weighted by molar-refractivity contribution is -0.131. The van der Waals surface area contributed by atoms with Crippen molar-refractivity contribution in [3.05, 3.63) is 24.0 Å². The lowest BCUT2D eigenvalue weighted by Crippen LogP contribution is -2.44. The van der Waals surface area contributed by atoms with Gasteiger partial charge < -0.3 is 10.7 Å². The number of nitrogen functional groups attached to an aromatic ring is 1. The smallest absolute Gasteiger partial charge is 0.324 e. The van der Waals surface area contributed by atoms with Crippen molar-refractivity contribution in [3.8, 4) is 0 Å². The standard InChI is InChI=1S/C13H17N5O2/c14-17-9-3-6-15-10(7-9)8-18-11(19)13(16-12(18)20)4-1-2-5-13/h3,6-7H,1-2,4-5,8,14H2,(H,15,17)(H,16,20). The van der Waals surface area contributed by atoms with E-state index in [0.29, 0.717) is 11.4 Å². The molecule has 1 saturated heterocycles. The van der Waals surface area contributed by atoms with E-state index in [4.69, 9.17) is 5.84 Å². The number of hydrogen-bond acceptors (Lipinski definition) is 5. The highest BCUT2D eigenvalue weighted by molar-refractivity contribution is 6.07.